The van der Waals surface area contributed by atoms with Crippen molar-refractivity contribution in [1.82, 2.24) is 19.9 Å². The third-order valence-electron chi connectivity index (χ3n) is 4.86. The van der Waals surface area contributed by atoms with Crippen LogP contribution < -0.4 is 9.64 Å². The molecule has 1 aromatic heterocycles. The molecule has 0 saturated heterocycles. The Morgan fingerprint density at radius 3 is 2.71 bits per heavy atom. The van der Waals surface area contributed by atoms with Crippen molar-refractivity contribution in [3.8, 4) is 11.4 Å². The Hall–Kier alpha value is -3.35. The number of rotatable bonds is 5. The molecule has 0 spiro atoms. The van der Waals surface area contributed by atoms with Gasteiger partial charge in [-0.15, -0.1) is 5.10 Å². The van der Waals surface area contributed by atoms with Crippen molar-refractivity contribution in [2.45, 2.75) is 13.0 Å². The van der Waals surface area contributed by atoms with Gasteiger partial charge in [-0.3, -0.25) is 4.79 Å². The summed E-state index contributed by atoms with van der Waals surface area (Å²) in [5.74, 6) is 0.684. The molecule has 7 heteroatoms. The SMILES string of the molecule is CCN1CC(CN(C)C(=O)c2cn(-c3ccccc3)nn2)Oc2ccccc21. The molecule has 0 saturated carbocycles. The quantitative estimate of drug-likeness (QED) is 0.684. The van der Waals surface area contributed by atoms with E-state index in [1.807, 2.05) is 48.5 Å². The number of fused-ring (bicyclic) bond motifs is 1. The minimum Gasteiger partial charge on any atom is -0.485 e. The van der Waals surface area contributed by atoms with E-state index in [0.29, 0.717) is 12.2 Å². The van der Waals surface area contributed by atoms with Crippen LogP contribution in [0.1, 0.15) is 17.4 Å². The lowest BCUT2D eigenvalue weighted by atomic mass is 10.2. The zero-order valence-corrected chi connectivity index (χ0v) is 16.0. The molecule has 0 radical (unpaired) electrons. The molecule has 2 heterocycles. The Morgan fingerprint density at radius 2 is 1.93 bits per heavy atom. The summed E-state index contributed by atoms with van der Waals surface area (Å²) >= 11 is 0. The summed E-state index contributed by atoms with van der Waals surface area (Å²) in [6.45, 7) is 4.22. The van der Waals surface area contributed by atoms with Gasteiger partial charge in [0.25, 0.3) is 5.91 Å². The molecule has 1 aliphatic rings. The van der Waals surface area contributed by atoms with Crippen molar-refractivity contribution < 1.29 is 9.53 Å². The van der Waals surface area contributed by atoms with Crippen molar-refractivity contribution in [2.24, 2.45) is 0 Å². The van der Waals surface area contributed by atoms with Gasteiger partial charge in [-0.2, -0.15) is 0 Å². The molecule has 1 aliphatic heterocycles. The predicted molar refractivity (Wildman–Crippen MR) is 107 cm³/mol. The van der Waals surface area contributed by atoms with Gasteiger partial charge in [-0.1, -0.05) is 35.5 Å². The summed E-state index contributed by atoms with van der Waals surface area (Å²) in [7, 11) is 1.77. The van der Waals surface area contributed by atoms with Gasteiger partial charge in [-0.25, -0.2) is 4.68 Å². The number of anilines is 1. The first-order chi connectivity index (χ1) is 13.7. The molecule has 1 amide bonds. The molecule has 0 fully saturated rings. The number of hydrogen-bond acceptors (Lipinski definition) is 5. The zero-order chi connectivity index (χ0) is 19.5. The van der Waals surface area contributed by atoms with Crippen LogP contribution >= 0.6 is 0 Å². The second-order valence-electron chi connectivity index (χ2n) is 6.82. The van der Waals surface area contributed by atoms with E-state index < -0.39 is 0 Å². The lowest BCUT2D eigenvalue weighted by Crippen LogP contribution is -2.46. The number of amides is 1. The van der Waals surface area contributed by atoms with Gasteiger partial charge in [0, 0.05) is 13.6 Å². The van der Waals surface area contributed by atoms with Gasteiger partial charge < -0.3 is 14.5 Å². The first-order valence-corrected chi connectivity index (χ1v) is 9.39. The number of aromatic nitrogens is 3. The average Bonchev–Trinajstić information content (AvgIpc) is 3.23. The fraction of sp³-hybridized carbons (Fsp3) is 0.286. The Labute approximate surface area is 164 Å². The maximum absolute atomic E-state index is 12.8. The van der Waals surface area contributed by atoms with Crippen LogP contribution in [0.25, 0.3) is 5.69 Å². The minimum absolute atomic E-state index is 0.104. The molecule has 1 atom stereocenters. The van der Waals surface area contributed by atoms with Crippen LogP contribution in [0.4, 0.5) is 5.69 Å². The monoisotopic (exact) mass is 377 g/mol. The van der Waals surface area contributed by atoms with E-state index in [-0.39, 0.29) is 12.0 Å². The first kappa shape index (κ1) is 18.0. The molecule has 0 N–H and O–H groups in total. The lowest BCUT2D eigenvalue weighted by Gasteiger charge is -2.37. The number of likely N-dealkylation sites (N-methyl/N-ethyl adjacent to an activating group) is 2. The summed E-state index contributed by atoms with van der Waals surface area (Å²) in [5.41, 5.74) is 2.28. The second kappa shape index (κ2) is 7.72. The molecule has 0 bridgehead atoms. The maximum Gasteiger partial charge on any atom is 0.275 e. The molecule has 2 aromatic carbocycles. The number of para-hydroxylation sites is 3. The first-order valence-electron chi connectivity index (χ1n) is 9.39. The summed E-state index contributed by atoms with van der Waals surface area (Å²) in [6.07, 6.45) is 1.55. The Bertz CT molecular complexity index is 956. The molecule has 3 aromatic rings. The van der Waals surface area contributed by atoms with Crippen molar-refractivity contribution in [3.05, 3.63) is 66.5 Å². The van der Waals surface area contributed by atoms with Gasteiger partial charge in [0.05, 0.1) is 30.7 Å². The van der Waals surface area contributed by atoms with E-state index in [1.165, 1.54) is 0 Å². The van der Waals surface area contributed by atoms with Gasteiger partial charge >= 0.3 is 0 Å². The number of carbonyl (C=O) groups excluding carboxylic acids is 1. The normalized spacial score (nSPS) is 15.6. The Morgan fingerprint density at radius 1 is 1.18 bits per heavy atom. The molecule has 144 valence electrons. The standard InChI is InChI=1S/C21H23N5O2/c1-3-25-14-17(28-20-12-8-7-11-19(20)25)13-24(2)21(27)18-15-26(23-22-18)16-9-5-4-6-10-16/h4-12,15,17H,3,13-14H2,1-2H3. The molecule has 0 aliphatic carbocycles. The fourth-order valence-electron chi connectivity index (χ4n) is 3.43. The molecule has 28 heavy (non-hydrogen) atoms. The zero-order valence-electron chi connectivity index (χ0n) is 16.0. The van der Waals surface area contributed by atoms with Crippen molar-refractivity contribution in [2.75, 3.05) is 31.6 Å². The second-order valence-corrected chi connectivity index (χ2v) is 6.82. The third kappa shape index (κ3) is 3.55. The van der Waals surface area contributed by atoms with E-state index in [4.69, 9.17) is 4.74 Å². The highest BCUT2D eigenvalue weighted by Gasteiger charge is 2.27. The molecular formula is C21H23N5O2. The number of nitrogens with zero attached hydrogens (tertiary/aromatic N) is 5. The van der Waals surface area contributed by atoms with Crippen LogP contribution in [0.5, 0.6) is 5.75 Å². The van der Waals surface area contributed by atoms with Gasteiger partial charge in [0.1, 0.15) is 11.9 Å². The van der Waals surface area contributed by atoms with Crippen LogP contribution in [0.15, 0.2) is 60.8 Å². The van der Waals surface area contributed by atoms with Crippen molar-refractivity contribution >= 4 is 11.6 Å². The smallest absolute Gasteiger partial charge is 0.275 e. The number of ether oxygens (including phenoxy) is 1. The van der Waals surface area contributed by atoms with Crippen LogP contribution in [0, 0.1) is 0 Å². The van der Waals surface area contributed by atoms with E-state index in [0.717, 1.165) is 30.2 Å². The summed E-state index contributed by atoms with van der Waals surface area (Å²) in [4.78, 5) is 16.7. The van der Waals surface area contributed by atoms with E-state index in [1.54, 1.807) is 22.8 Å². The highest BCUT2D eigenvalue weighted by Crippen LogP contribution is 2.32. The molecule has 1 unspecified atom stereocenters. The van der Waals surface area contributed by atoms with Gasteiger partial charge in [0.15, 0.2) is 5.69 Å². The minimum atomic E-state index is -0.173. The number of benzene rings is 2. The molecule has 4 rings (SSSR count). The van der Waals surface area contributed by atoms with Gasteiger partial charge in [-0.05, 0) is 31.2 Å². The lowest BCUT2D eigenvalue weighted by molar-refractivity contribution is 0.0704. The fourth-order valence-corrected chi connectivity index (χ4v) is 3.43. The Kier molecular flexibility index (Phi) is 4.97. The maximum atomic E-state index is 12.8. The number of hydrogen-bond donors (Lipinski definition) is 0. The topological polar surface area (TPSA) is 63.5 Å². The highest BCUT2D eigenvalue weighted by atomic mass is 16.5. The predicted octanol–water partition coefficient (Wildman–Crippen LogP) is 2.63. The molecular weight excluding hydrogens is 354 g/mol. The number of carbonyl (C=O) groups is 1. The highest BCUT2D eigenvalue weighted by molar-refractivity contribution is 5.91. The van der Waals surface area contributed by atoms with Gasteiger partial charge in [0.2, 0.25) is 0 Å². The summed E-state index contributed by atoms with van der Waals surface area (Å²) < 4.78 is 7.72. The van der Waals surface area contributed by atoms with Crippen LogP contribution in [0.2, 0.25) is 0 Å². The molecule has 7 nitrogen and oxygen atoms in total. The average molecular weight is 377 g/mol. The summed E-state index contributed by atoms with van der Waals surface area (Å²) in [6, 6.07) is 17.6. The van der Waals surface area contributed by atoms with Crippen molar-refractivity contribution in [3.63, 3.8) is 0 Å². The van der Waals surface area contributed by atoms with E-state index in [2.05, 4.69) is 28.2 Å². The van der Waals surface area contributed by atoms with Crippen molar-refractivity contribution in [1.29, 1.82) is 0 Å². The summed E-state index contributed by atoms with van der Waals surface area (Å²) in [5, 5.41) is 8.12. The van der Waals surface area contributed by atoms with Crippen LogP contribution in [-0.2, 0) is 0 Å². The van der Waals surface area contributed by atoms with Crippen LogP contribution in [-0.4, -0.2) is 58.6 Å². The third-order valence-corrected chi connectivity index (χ3v) is 4.86. The Balaban J connectivity index is 1.45. The largest absolute Gasteiger partial charge is 0.485 e. The van der Waals surface area contributed by atoms with Crippen LogP contribution in [0.3, 0.4) is 0 Å². The van der Waals surface area contributed by atoms with E-state index in [9.17, 15) is 4.79 Å². The van der Waals surface area contributed by atoms with E-state index >= 15 is 0 Å².